The van der Waals surface area contributed by atoms with E-state index in [0.717, 1.165) is 36.3 Å². The van der Waals surface area contributed by atoms with Crippen molar-refractivity contribution in [2.45, 2.75) is 59.1 Å². The van der Waals surface area contributed by atoms with Crippen LogP contribution in [-0.2, 0) is 5.75 Å². The molecule has 0 N–H and O–H groups in total. The van der Waals surface area contributed by atoms with Crippen LogP contribution in [0.5, 0.6) is 0 Å². The van der Waals surface area contributed by atoms with Crippen LogP contribution in [0.15, 0.2) is 24.4 Å². The molecule has 154 valence electrons. The normalized spacial score (nSPS) is 15.6. The Kier molecular flexibility index (Phi) is 5.60. The summed E-state index contributed by atoms with van der Waals surface area (Å²) in [4.78, 5) is 12.2. The second kappa shape index (κ2) is 8.02. The molecular weight excluding hydrogens is 376 g/mol. The van der Waals surface area contributed by atoms with Gasteiger partial charge in [0.1, 0.15) is 11.6 Å². The van der Waals surface area contributed by atoms with Crippen molar-refractivity contribution in [3.63, 3.8) is 0 Å². The fourth-order valence-electron chi connectivity index (χ4n) is 4.35. The zero-order valence-corrected chi connectivity index (χ0v) is 19.1. The maximum Gasteiger partial charge on any atom is 0.150 e. The molecule has 2 aromatic heterocycles. The highest BCUT2D eigenvalue weighted by molar-refractivity contribution is 7.79. The van der Waals surface area contributed by atoms with Gasteiger partial charge in [-0.1, -0.05) is 32.9 Å². The Morgan fingerprint density at radius 2 is 1.86 bits per heavy atom. The third-order valence-electron chi connectivity index (χ3n) is 6.21. The van der Waals surface area contributed by atoms with Crippen LogP contribution in [0, 0.1) is 19.8 Å². The summed E-state index contributed by atoms with van der Waals surface area (Å²) in [5, 5.41) is 1.18. The van der Waals surface area contributed by atoms with E-state index in [1.54, 1.807) is 0 Å². The number of hydrogen-bond donors (Lipinski definition) is 1. The van der Waals surface area contributed by atoms with Crippen molar-refractivity contribution in [1.82, 2.24) is 14.5 Å². The monoisotopic (exact) mass is 408 g/mol. The predicted octanol–water partition coefficient (Wildman–Crippen LogP) is 5.83. The molecule has 0 spiro atoms. The van der Waals surface area contributed by atoms with Crippen LogP contribution in [0.3, 0.4) is 0 Å². The molecule has 1 fully saturated rings. The number of thiol groups is 1. The summed E-state index contributed by atoms with van der Waals surface area (Å²) in [5.74, 6) is 3.94. The zero-order valence-electron chi connectivity index (χ0n) is 18.2. The molecule has 3 heterocycles. The molecule has 4 rings (SSSR count). The summed E-state index contributed by atoms with van der Waals surface area (Å²) < 4.78 is 2.24. The van der Waals surface area contributed by atoms with E-state index in [1.807, 2.05) is 6.92 Å². The van der Waals surface area contributed by atoms with Crippen LogP contribution in [0.2, 0.25) is 0 Å². The minimum Gasteiger partial charge on any atom is -0.356 e. The van der Waals surface area contributed by atoms with Crippen molar-refractivity contribution in [3.8, 4) is 5.69 Å². The number of fused-ring (bicyclic) bond motifs is 1. The first-order chi connectivity index (χ1) is 13.9. The molecule has 1 aliphatic rings. The molecule has 0 saturated carbocycles. The van der Waals surface area contributed by atoms with Gasteiger partial charge in [-0.25, -0.2) is 9.97 Å². The van der Waals surface area contributed by atoms with Crippen LogP contribution in [0.4, 0.5) is 5.82 Å². The van der Waals surface area contributed by atoms with Crippen LogP contribution in [0.1, 0.15) is 62.0 Å². The number of hydrogen-bond acceptors (Lipinski definition) is 4. The molecule has 29 heavy (non-hydrogen) atoms. The van der Waals surface area contributed by atoms with Gasteiger partial charge in [0, 0.05) is 25.0 Å². The second-order valence-corrected chi connectivity index (χ2v) is 9.16. The fraction of sp³-hybridized carbons (Fsp3) is 0.500. The minimum atomic E-state index is 0.503. The summed E-state index contributed by atoms with van der Waals surface area (Å²) in [6.45, 7) is 13.1. The summed E-state index contributed by atoms with van der Waals surface area (Å²) in [5.41, 5.74) is 5.98. The van der Waals surface area contributed by atoms with Crippen molar-refractivity contribution in [3.05, 3.63) is 46.9 Å². The highest BCUT2D eigenvalue weighted by Gasteiger charge is 2.23. The van der Waals surface area contributed by atoms with Gasteiger partial charge < -0.3 is 9.47 Å². The standard InChI is InChI=1S/C24H32N4S/c1-15(2)19-6-7-21(20(12-19)14-29)28-13-17(4)22-23(25-18(5)26-24(22)28)27-10-8-16(3)9-11-27/h6-7,12-13,15-16,29H,8-11,14H2,1-5H3. The lowest BCUT2D eigenvalue weighted by Gasteiger charge is -2.31. The number of aryl methyl sites for hydroxylation is 2. The fourth-order valence-corrected chi connectivity index (χ4v) is 4.60. The number of aromatic nitrogens is 3. The van der Waals surface area contributed by atoms with E-state index in [0.29, 0.717) is 11.7 Å². The first-order valence-electron chi connectivity index (χ1n) is 10.7. The van der Waals surface area contributed by atoms with Gasteiger partial charge in [0.05, 0.1) is 11.1 Å². The zero-order chi connectivity index (χ0) is 20.7. The van der Waals surface area contributed by atoms with Gasteiger partial charge in [0.15, 0.2) is 5.65 Å². The van der Waals surface area contributed by atoms with Crippen LogP contribution < -0.4 is 4.90 Å². The summed E-state index contributed by atoms with van der Waals surface area (Å²) in [6, 6.07) is 6.74. The lowest BCUT2D eigenvalue weighted by Crippen LogP contribution is -2.33. The minimum absolute atomic E-state index is 0.503. The van der Waals surface area contributed by atoms with E-state index >= 15 is 0 Å². The molecule has 3 aromatic rings. The molecule has 0 unspecified atom stereocenters. The van der Waals surface area contributed by atoms with Gasteiger partial charge in [-0.3, -0.25) is 0 Å². The molecule has 1 aromatic carbocycles. The number of benzene rings is 1. The summed E-state index contributed by atoms with van der Waals surface area (Å²) in [7, 11) is 0. The molecule has 4 nitrogen and oxygen atoms in total. The Bertz CT molecular complexity index is 1030. The average molecular weight is 409 g/mol. The van der Waals surface area contributed by atoms with E-state index in [-0.39, 0.29) is 0 Å². The van der Waals surface area contributed by atoms with E-state index in [1.165, 1.54) is 40.6 Å². The summed E-state index contributed by atoms with van der Waals surface area (Å²) in [6.07, 6.45) is 4.67. The van der Waals surface area contributed by atoms with E-state index in [9.17, 15) is 0 Å². The molecule has 5 heteroatoms. The molecule has 0 amide bonds. The third kappa shape index (κ3) is 3.77. The Morgan fingerprint density at radius 3 is 2.52 bits per heavy atom. The van der Waals surface area contributed by atoms with Crippen molar-refractivity contribution in [1.29, 1.82) is 0 Å². The Morgan fingerprint density at radius 1 is 1.14 bits per heavy atom. The highest BCUT2D eigenvalue weighted by Crippen LogP contribution is 2.34. The first-order valence-corrected chi connectivity index (χ1v) is 11.4. The van der Waals surface area contributed by atoms with Gasteiger partial charge in [-0.05, 0) is 61.3 Å². The summed E-state index contributed by atoms with van der Waals surface area (Å²) >= 11 is 4.62. The quantitative estimate of drug-likeness (QED) is 0.552. The number of nitrogens with zero attached hydrogens (tertiary/aromatic N) is 4. The molecule has 0 bridgehead atoms. The Labute approximate surface area is 179 Å². The van der Waals surface area contributed by atoms with Crippen molar-refractivity contribution < 1.29 is 0 Å². The topological polar surface area (TPSA) is 34.0 Å². The predicted molar refractivity (Wildman–Crippen MR) is 126 cm³/mol. The lowest BCUT2D eigenvalue weighted by molar-refractivity contribution is 0.437. The van der Waals surface area contributed by atoms with Gasteiger partial charge >= 0.3 is 0 Å². The SMILES string of the molecule is Cc1nc(N2CCC(C)CC2)c2c(C)cn(-c3ccc(C(C)C)cc3CS)c2n1. The number of rotatable bonds is 4. The van der Waals surface area contributed by atoms with E-state index < -0.39 is 0 Å². The lowest BCUT2D eigenvalue weighted by atomic mass is 9.99. The smallest absolute Gasteiger partial charge is 0.150 e. The first kappa shape index (κ1) is 20.3. The van der Waals surface area contributed by atoms with Gasteiger partial charge in [0.2, 0.25) is 0 Å². The number of anilines is 1. The maximum absolute atomic E-state index is 4.88. The van der Waals surface area contributed by atoms with E-state index in [2.05, 4.69) is 74.2 Å². The Hall–Kier alpha value is -2.01. The largest absolute Gasteiger partial charge is 0.356 e. The van der Waals surface area contributed by atoms with E-state index in [4.69, 9.17) is 9.97 Å². The molecule has 1 saturated heterocycles. The maximum atomic E-state index is 4.88. The molecule has 0 atom stereocenters. The Balaban J connectivity index is 1.88. The average Bonchev–Trinajstić information content (AvgIpc) is 3.03. The van der Waals surface area contributed by atoms with Gasteiger partial charge in [0.25, 0.3) is 0 Å². The van der Waals surface area contributed by atoms with Gasteiger partial charge in [-0.15, -0.1) is 0 Å². The highest BCUT2D eigenvalue weighted by atomic mass is 32.1. The molecule has 0 radical (unpaired) electrons. The van der Waals surface area contributed by atoms with Crippen molar-refractivity contribution in [2.75, 3.05) is 18.0 Å². The molecule has 1 aliphatic heterocycles. The van der Waals surface area contributed by atoms with Crippen molar-refractivity contribution >= 4 is 29.5 Å². The second-order valence-electron chi connectivity index (χ2n) is 8.85. The van der Waals surface area contributed by atoms with Crippen molar-refractivity contribution in [2.24, 2.45) is 5.92 Å². The van der Waals surface area contributed by atoms with Crippen LogP contribution in [-0.4, -0.2) is 27.6 Å². The molecule has 0 aliphatic carbocycles. The number of piperidine rings is 1. The van der Waals surface area contributed by atoms with Gasteiger partial charge in [-0.2, -0.15) is 12.6 Å². The molecular formula is C24H32N4S. The van der Waals surface area contributed by atoms with Crippen LogP contribution >= 0.6 is 12.6 Å². The third-order valence-corrected chi connectivity index (χ3v) is 6.55. The van der Waals surface area contributed by atoms with Crippen LogP contribution in [0.25, 0.3) is 16.7 Å².